The fourth-order valence-corrected chi connectivity index (χ4v) is 4.31. The minimum absolute atomic E-state index is 0.0385. The maximum Gasteiger partial charge on any atom is 0.281 e. The van der Waals surface area contributed by atoms with E-state index in [1.165, 1.54) is 8.61 Å². The molecular formula is C18H24N4O3S. The summed E-state index contributed by atoms with van der Waals surface area (Å²) in [5.74, 6) is 0.798. The molecule has 1 atom stereocenters. The summed E-state index contributed by atoms with van der Waals surface area (Å²) < 4.78 is 32.9. The van der Waals surface area contributed by atoms with Gasteiger partial charge in [-0.15, -0.1) is 0 Å². The number of benzene rings is 1. The van der Waals surface area contributed by atoms with E-state index in [0.717, 1.165) is 35.5 Å². The Morgan fingerprint density at radius 2 is 2.08 bits per heavy atom. The van der Waals surface area contributed by atoms with Crippen molar-refractivity contribution < 1.29 is 13.2 Å². The highest BCUT2D eigenvalue weighted by atomic mass is 32.2. The SMILES string of the molecule is COc1cccc(-c2cncc([C@H]3CCCN(S(=O)(=O)N(C)C)C3)n2)c1. The fourth-order valence-electron chi connectivity index (χ4n) is 3.12. The Balaban J connectivity index is 1.86. The van der Waals surface area contributed by atoms with Crippen LogP contribution in [0.2, 0.25) is 0 Å². The second kappa shape index (κ2) is 7.69. The van der Waals surface area contributed by atoms with Gasteiger partial charge in [0.05, 0.1) is 24.7 Å². The third kappa shape index (κ3) is 3.87. The van der Waals surface area contributed by atoms with Crippen LogP contribution in [0.5, 0.6) is 5.75 Å². The molecule has 0 bridgehead atoms. The Labute approximate surface area is 154 Å². The molecule has 0 saturated carbocycles. The number of aromatic nitrogens is 2. The van der Waals surface area contributed by atoms with Crippen LogP contribution in [-0.4, -0.2) is 61.3 Å². The zero-order valence-corrected chi connectivity index (χ0v) is 16.1. The van der Waals surface area contributed by atoms with Crippen LogP contribution >= 0.6 is 0 Å². The van der Waals surface area contributed by atoms with Crippen molar-refractivity contribution in [2.75, 3.05) is 34.3 Å². The Morgan fingerprint density at radius 3 is 2.81 bits per heavy atom. The van der Waals surface area contributed by atoms with Gasteiger partial charge in [0.2, 0.25) is 0 Å². The van der Waals surface area contributed by atoms with Crippen LogP contribution in [0.3, 0.4) is 0 Å². The quantitative estimate of drug-likeness (QED) is 0.799. The second-order valence-electron chi connectivity index (χ2n) is 6.55. The Morgan fingerprint density at radius 1 is 1.27 bits per heavy atom. The zero-order chi connectivity index (χ0) is 18.7. The average Bonchev–Trinajstić information content (AvgIpc) is 2.68. The molecule has 1 aliphatic rings. The van der Waals surface area contributed by atoms with Crippen molar-refractivity contribution in [1.29, 1.82) is 0 Å². The van der Waals surface area contributed by atoms with Gasteiger partial charge in [0.25, 0.3) is 10.2 Å². The van der Waals surface area contributed by atoms with Crippen molar-refractivity contribution >= 4 is 10.2 Å². The third-order valence-electron chi connectivity index (χ3n) is 4.61. The Bertz CT molecular complexity index is 870. The molecule has 0 radical (unpaired) electrons. The van der Waals surface area contributed by atoms with Gasteiger partial charge in [-0.25, -0.2) is 4.98 Å². The predicted octanol–water partition coefficient (Wildman–Crippen LogP) is 2.14. The van der Waals surface area contributed by atoms with Gasteiger partial charge in [0, 0.05) is 44.9 Å². The topological polar surface area (TPSA) is 75.6 Å². The molecule has 2 aromatic rings. The monoisotopic (exact) mass is 376 g/mol. The van der Waals surface area contributed by atoms with Crippen molar-refractivity contribution in [3.05, 3.63) is 42.4 Å². The van der Waals surface area contributed by atoms with Crippen LogP contribution in [0, 0.1) is 0 Å². The minimum atomic E-state index is -3.41. The lowest BCUT2D eigenvalue weighted by Gasteiger charge is -2.33. The normalized spacial score (nSPS) is 18.8. The van der Waals surface area contributed by atoms with Crippen molar-refractivity contribution in [2.45, 2.75) is 18.8 Å². The van der Waals surface area contributed by atoms with Gasteiger partial charge in [0.15, 0.2) is 0 Å². The van der Waals surface area contributed by atoms with Gasteiger partial charge in [-0.3, -0.25) is 4.98 Å². The van der Waals surface area contributed by atoms with Crippen LogP contribution in [-0.2, 0) is 10.2 Å². The maximum absolute atomic E-state index is 12.4. The summed E-state index contributed by atoms with van der Waals surface area (Å²) in [6.07, 6.45) is 5.16. The average molecular weight is 376 g/mol. The van der Waals surface area contributed by atoms with Crippen molar-refractivity contribution in [3.8, 4) is 17.0 Å². The molecule has 7 nitrogen and oxygen atoms in total. The molecule has 1 aliphatic heterocycles. The predicted molar refractivity (Wildman–Crippen MR) is 100 cm³/mol. The number of hydrogen-bond donors (Lipinski definition) is 0. The molecule has 1 saturated heterocycles. The maximum atomic E-state index is 12.4. The Kier molecular flexibility index (Phi) is 5.55. The number of methoxy groups -OCH3 is 1. The van der Waals surface area contributed by atoms with Gasteiger partial charge in [-0.1, -0.05) is 12.1 Å². The molecule has 3 rings (SSSR count). The highest BCUT2D eigenvalue weighted by molar-refractivity contribution is 7.86. The third-order valence-corrected chi connectivity index (χ3v) is 6.52. The molecule has 0 amide bonds. The molecule has 0 unspecified atom stereocenters. The first-order chi connectivity index (χ1) is 12.4. The number of nitrogens with zero attached hydrogens (tertiary/aromatic N) is 4. The highest BCUT2D eigenvalue weighted by Crippen LogP contribution is 2.29. The highest BCUT2D eigenvalue weighted by Gasteiger charge is 2.31. The summed E-state index contributed by atoms with van der Waals surface area (Å²) in [4.78, 5) is 9.08. The van der Waals surface area contributed by atoms with Gasteiger partial charge >= 0.3 is 0 Å². The van der Waals surface area contributed by atoms with Crippen LogP contribution in [0.4, 0.5) is 0 Å². The lowest BCUT2D eigenvalue weighted by molar-refractivity contribution is 0.296. The number of hydrogen-bond acceptors (Lipinski definition) is 5. The fraction of sp³-hybridized carbons (Fsp3) is 0.444. The van der Waals surface area contributed by atoms with E-state index in [9.17, 15) is 8.42 Å². The summed E-state index contributed by atoms with van der Waals surface area (Å²) in [6, 6.07) is 7.66. The van der Waals surface area contributed by atoms with E-state index in [4.69, 9.17) is 9.72 Å². The van der Waals surface area contributed by atoms with E-state index >= 15 is 0 Å². The molecule has 26 heavy (non-hydrogen) atoms. The van der Waals surface area contributed by atoms with Crippen LogP contribution < -0.4 is 4.74 Å². The van der Waals surface area contributed by atoms with E-state index in [-0.39, 0.29) is 5.92 Å². The second-order valence-corrected chi connectivity index (χ2v) is 8.69. The zero-order valence-electron chi connectivity index (χ0n) is 15.3. The first-order valence-electron chi connectivity index (χ1n) is 8.56. The van der Waals surface area contributed by atoms with Crippen molar-refractivity contribution in [1.82, 2.24) is 18.6 Å². The number of ether oxygens (including phenoxy) is 1. The van der Waals surface area contributed by atoms with Gasteiger partial charge in [-0.05, 0) is 25.0 Å². The number of rotatable bonds is 5. The molecule has 1 fully saturated rings. The molecule has 8 heteroatoms. The van der Waals surface area contributed by atoms with E-state index in [1.54, 1.807) is 33.6 Å². The van der Waals surface area contributed by atoms with Crippen LogP contribution in [0.15, 0.2) is 36.7 Å². The summed E-state index contributed by atoms with van der Waals surface area (Å²) in [5.41, 5.74) is 2.50. The summed E-state index contributed by atoms with van der Waals surface area (Å²) in [6.45, 7) is 0.969. The molecule has 0 aliphatic carbocycles. The first-order valence-corrected chi connectivity index (χ1v) is 9.95. The molecule has 140 valence electrons. The van der Waals surface area contributed by atoms with E-state index in [1.807, 2.05) is 24.3 Å². The minimum Gasteiger partial charge on any atom is -0.497 e. The number of piperidine rings is 1. The molecule has 2 heterocycles. The summed E-state index contributed by atoms with van der Waals surface area (Å²) in [5, 5.41) is 0. The van der Waals surface area contributed by atoms with E-state index in [2.05, 4.69) is 4.98 Å². The molecule has 1 aromatic heterocycles. The lowest BCUT2D eigenvalue weighted by atomic mass is 9.96. The van der Waals surface area contributed by atoms with Gasteiger partial charge < -0.3 is 4.74 Å². The summed E-state index contributed by atoms with van der Waals surface area (Å²) >= 11 is 0. The first kappa shape index (κ1) is 18.8. The van der Waals surface area contributed by atoms with Crippen molar-refractivity contribution in [3.63, 3.8) is 0 Å². The molecule has 0 N–H and O–H groups in total. The lowest BCUT2D eigenvalue weighted by Crippen LogP contribution is -2.45. The summed E-state index contributed by atoms with van der Waals surface area (Å²) in [7, 11) is 1.33. The van der Waals surface area contributed by atoms with E-state index in [0.29, 0.717) is 13.1 Å². The molecule has 0 spiro atoms. The molecule has 1 aromatic carbocycles. The Hall–Kier alpha value is -2.03. The smallest absolute Gasteiger partial charge is 0.281 e. The van der Waals surface area contributed by atoms with Gasteiger partial charge in [-0.2, -0.15) is 17.0 Å². The van der Waals surface area contributed by atoms with Gasteiger partial charge in [0.1, 0.15) is 5.75 Å². The van der Waals surface area contributed by atoms with Crippen LogP contribution in [0.1, 0.15) is 24.5 Å². The molecular weight excluding hydrogens is 352 g/mol. The standard InChI is InChI=1S/C18H24N4O3S/c1-21(2)26(23,24)22-9-5-7-15(13-22)18-12-19-11-17(20-18)14-6-4-8-16(10-14)25-3/h4,6,8,10-12,15H,5,7,9,13H2,1-3H3/t15-/m0/s1. The van der Waals surface area contributed by atoms with Crippen LogP contribution in [0.25, 0.3) is 11.3 Å². The van der Waals surface area contributed by atoms with Crippen molar-refractivity contribution in [2.24, 2.45) is 0 Å². The largest absolute Gasteiger partial charge is 0.497 e. The van der Waals surface area contributed by atoms with E-state index < -0.39 is 10.2 Å².